The fraction of sp³-hybridized carbons (Fsp3) is 0.182. The van der Waals surface area contributed by atoms with Crippen LogP contribution in [0.1, 0.15) is 12.8 Å². The average molecular weight is 253 g/mol. The summed E-state index contributed by atoms with van der Waals surface area (Å²) in [6.07, 6.45) is 0.312. The van der Waals surface area contributed by atoms with Crippen LogP contribution in [0.15, 0.2) is 29.4 Å². The summed E-state index contributed by atoms with van der Waals surface area (Å²) >= 11 is 5.73. The summed E-state index contributed by atoms with van der Waals surface area (Å²) < 4.78 is 0. The Hall–Kier alpha value is -1.88. The highest BCUT2D eigenvalue weighted by molar-refractivity contribution is 6.37. The van der Waals surface area contributed by atoms with Crippen molar-refractivity contribution in [1.82, 2.24) is 0 Å². The zero-order chi connectivity index (χ0) is 12.4. The molecule has 0 fully saturated rings. The fourth-order valence-electron chi connectivity index (χ4n) is 1.49. The number of rotatable bonds is 2. The molecule has 0 bridgehead atoms. The van der Waals surface area contributed by atoms with Crippen LogP contribution in [-0.2, 0) is 9.59 Å². The number of hydrogen-bond acceptors (Lipinski definition) is 3. The molecule has 0 aromatic heterocycles. The van der Waals surface area contributed by atoms with E-state index in [-0.39, 0.29) is 24.5 Å². The van der Waals surface area contributed by atoms with Gasteiger partial charge in [0.2, 0.25) is 5.91 Å². The lowest BCUT2D eigenvalue weighted by Gasteiger charge is -2.21. The Balaban J connectivity index is 2.35. The molecule has 0 atom stereocenters. The topological polar surface area (TPSA) is 70.0 Å². The summed E-state index contributed by atoms with van der Waals surface area (Å²) in [6.45, 7) is 0. The van der Waals surface area contributed by atoms with E-state index in [0.29, 0.717) is 10.7 Å². The molecule has 0 unspecified atom stereocenters. The first-order chi connectivity index (χ1) is 8.08. The Morgan fingerprint density at radius 1 is 1.29 bits per heavy atom. The number of carbonyl (C=O) groups is 2. The van der Waals surface area contributed by atoms with Crippen molar-refractivity contribution in [2.45, 2.75) is 12.8 Å². The van der Waals surface area contributed by atoms with E-state index in [2.05, 4.69) is 5.10 Å². The van der Waals surface area contributed by atoms with Gasteiger partial charge in [-0.2, -0.15) is 5.10 Å². The van der Waals surface area contributed by atoms with E-state index in [4.69, 9.17) is 16.7 Å². The van der Waals surface area contributed by atoms with Crippen LogP contribution in [0, 0.1) is 0 Å². The fourth-order valence-corrected chi connectivity index (χ4v) is 1.62. The first-order valence-electron chi connectivity index (χ1n) is 4.97. The van der Waals surface area contributed by atoms with Crippen molar-refractivity contribution in [3.8, 4) is 0 Å². The van der Waals surface area contributed by atoms with E-state index < -0.39 is 5.97 Å². The third kappa shape index (κ3) is 2.45. The zero-order valence-corrected chi connectivity index (χ0v) is 9.52. The molecule has 2 rings (SSSR count). The number of hydrazone groups is 1. The summed E-state index contributed by atoms with van der Waals surface area (Å²) in [5.41, 5.74) is 0.498. The summed E-state index contributed by atoms with van der Waals surface area (Å²) in [5.74, 6) is -1.33. The Morgan fingerprint density at radius 2 is 1.94 bits per heavy atom. The van der Waals surface area contributed by atoms with Crippen LogP contribution in [0.2, 0.25) is 5.02 Å². The van der Waals surface area contributed by atoms with Crippen LogP contribution in [0.4, 0.5) is 5.69 Å². The maximum atomic E-state index is 11.6. The normalized spacial score (nSPS) is 15.7. The number of benzene rings is 1. The molecule has 0 saturated carbocycles. The van der Waals surface area contributed by atoms with Crippen LogP contribution in [-0.4, -0.2) is 22.7 Å². The molecule has 17 heavy (non-hydrogen) atoms. The van der Waals surface area contributed by atoms with Gasteiger partial charge in [-0.15, -0.1) is 0 Å². The lowest BCUT2D eigenvalue weighted by Crippen LogP contribution is -2.34. The minimum absolute atomic E-state index is 0.0143. The number of carboxylic acids is 1. The second-order valence-electron chi connectivity index (χ2n) is 3.53. The van der Waals surface area contributed by atoms with Gasteiger partial charge in [0.05, 0.1) is 5.69 Å². The Kier molecular flexibility index (Phi) is 3.10. The molecule has 0 saturated heterocycles. The molecule has 5 nitrogen and oxygen atoms in total. The average Bonchev–Trinajstić information content (AvgIpc) is 2.31. The number of halogens is 1. The quantitative estimate of drug-likeness (QED) is 0.874. The van der Waals surface area contributed by atoms with E-state index in [1.165, 1.54) is 0 Å². The monoisotopic (exact) mass is 252 g/mol. The van der Waals surface area contributed by atoms with Crippen molar-refractivity contribution >= 4 is 34.9 Å². The van der Waals surface area contributed by atoms with Crippen LogP contribution >= 0.6 is 11.6 Å². The summed E-state index contributed by atoms with van der Waals surface area (Å²) in [4.78, 5) is 22.4. The first-order valence-corrected chi connectivity index (χ1v) is 5.35. The molecular weight excluding hydrogens is 244 g/mol. The molecule has 1 heterocycles. The number of amides is 1. The van der Waals surface area contributed by atoms with Crippen molar-refractivity contribution in [2.75, 3.05) is 5.01 Å². The molecule has 1 aliphatic rings. The molecule has 6 heteroatoms. The maximum absolute atomic E-state index is 11.6. The highest BCUT2D eigenvalue weighted by Gasteiger charge is 2.25. The standard InChI is InChI=1S/C11H9ClN2O3/c12-7-1-3-8(4-2-7)14-10(15)6-5-9(13-14)11(16)17/h1-4H,5-6H2,(H,16,17). The largest absolute Gasteiger partial charge is 0.477 e. The van der Waals surface area contributed by atoms with Crippen LogP contribution < -0.4 is 5.01 Å². The number of carbonyl (C=O) groups excluding carboxylic acids is 1. The summed E-state index contributed by atoms with van der Waals surface area (Å²) in [7, 11) is 0. The Morgan fingerprint density at radius 3 is 2.53 bits per heavy atom. The molecule has 88 valence electrons. The van der Waals surface area contributed by atoms with E-state index in [9.17, 15) is 9.59 Å². The lowest BCUT2D eigenvalue weighted by atomic mass is 10.1. The van der Waals surface area contributed by atoms with Crippen molar-refractivity contribution < 1.29 is 14.7 Å². The molecular formula is C11H9ClN2O3. The highest BCUT2D eigenvalue weighted by atomic mass is 35.5. The van der Waals surface area contributed by atoms with Gasteiger partial charge in [-0.25, -0.2) is 9.80 Å². The number of nitrogens with zero attached hydrogens (tertiary/aromatic N) is 2. The highest BCUT2D eigenvalue weighted by Crippen LogP contribution is 2.22. The second kappa shape index (κ2) is 4.55. The molecule has 0 aliphatic carbocycles. The second-order valence-corrected chi connectivity index (χ2v) is 3.97. The molecule has 1 aromatic rings. The van der Waals surface area contributed by atoms with Gasteiger partial charge in [-0.1, -0.05) is 11.6 Å². The molecule has 1 aromatic carbocycles. The van der Waals surface area contributed by atoms with Crippen molar-refractivity contribution in [3.63, 3.8) is 0 Å². The predicted octanol–water partition coefficient (Wildman–Crippen LogP) is 1.91. The summed E-state index contributed by atoms with van der Waals surface area (Å²) in [6, 6.07) is 6.48. The SMILES string of the molecule is O=C(O)C1=NN(c2ccc(Cl)cc2)C(=O)CC1. The van der Waals surface area contributed by atoms with E-state index in [0.717, 1.165) is 5.01 Å². The van der Waals surface area contributed by atoms with Gasteiger partial charge < -0.3 is 5.11 Å². The zero-order valence-electron chi connectivity index (χ0n) is 8.76. The van der Waals surface area contributed by atoms with Gasteiger partial charge in [0, 0.05) is 17.9 Å². The minimum Gasteiger partial charge on any atom is -0.477 e. The Labute approximate surface area is 102 Å². The molecule has 0 radical (unpaired) electrons. The van der Waals surface area contributed by atoms with Gasteiger partial charge >= 0.3 is 5.97 Å². The Bertz CT molecular complexity index is 496. The van der Waals surface area contributed by atoms with Crippen LogP contribution in [0.5, 0.6) is 0 Å². The van der Waals surface area contributed by atoms with Crippen molar-refractivity contribution in [2.24, 2.45) is 5.10 Å². The summed E-state index contributed by atoms with van der Waals surface area (Å²) in [5, 5.41) is 14.3. The number of carboxylic acid groups (broad SMARTS) is 1. The van der Waals surface area contributed by atoms with E-state index in [1.807, 2.05) is 0 Å². The smallest absolute Gasteiger partial charge is 0.352 e. The van der Waals surface area contributed by atoms with E-state index >= 15 is 0 Å². The third-order valence-electron chi connectivity index (χ3n) is 2.35. The molecule has 1 amide bonds. The van der Waals surface area contributed by atoms with Crippen molar-refractivity contribution in [3.05, 3.63) is 29.3 Å². The molecule has 1 N–H and O–H groups in total. The van der Waals surface area contributed by atoms with Crippen LogP contribution in [0.25, 0.3) is 0 Å². The van der Waals surface area contributed by atoms with Gasteiger partial charge in [-0.05, 0) is 24.3 Å². The van der Waals surface area contributed by atoms with Crippen molar-refractivity contribution in [1.29, 1.82) is 0 Å². The van der Waals surface area contributed by atoms with Gasteiger partial charge in [0.25, 0.3) is 0 Å². The number of anilines is 1. The lowest BCUT2D eigenvalue weighted by molar-refractivity contribution is -0.129. The van der Waals surface area contributed by atoms with Crippen LogP contribution in [0.3, 0.4) is 0 Å². The first kappa shape index (κ1) is 11.6. The van der Waals surface area contributed by atoms with E-state index in [1.54, 1.807) is 24.3 Å². The number of hydrogen-bond donors (Lipinski definition) is 1. The molecule has 1 aliphatic heterocycles. The maximum Gasteiger partial charge on any atom is 0.352 e. The van der Waals surface area contributed by atoms with Gasteiger partial charge in [-0.3, -0.25) is 4.79 Å². The predicted molar refractivity (Wildman–Crippen MR) is 63.2 cm³/mol. The number of aliphatic carboxylic acids is 1. The molecule has 0 spiro atoms. The third-order valence-corrected chi connectivity index (χ3v) is 2.60. The minimum atomic E-state index is -1.10. The van der Waals surface area contributed by atoms with Gasteiger partial charge in [0.1, 0.15) is 5.71 Å². The van der Waals surface area contributed by atoms with Gasteiger partial charge in [0.15, 0.2) is 0 Å².